The summed E-state index contributed by atoms with van der Waals surface area (Å²) in [5, 5.41) is 2.12. The summed E-state index contributed by atoms with van der Waals surface area (Å²) in [4.78, 5) is 50.2. The zero-order chi connectivity index (χ0) is 25.5. The molecule has 0 bridgehead atoms. The molecule has 0 aromatic heterocycles. The summed E-state index contributed by atoms with van der Waals surface area (Å²) in [6.45, 7) is 2.80. The van der Waals surface area contributed by atoms with Crippen LogP contribution in [-0.4, -0.2) is 54.3 Å². The summed E-state index contributed by atoms with van der Waals surface area (Å²) in [6.07, 6.45) is 1.27. The Bertz CT molecular complexity index is 1160. The van der Waals surface area contributed by atoms with Gasteiger partial charge in [-0.2, -0.15) is 0 Å². The van der Waals surface area contributed by atoms with E-state index in [4.69, 9.17) is 14.2 Å². The second kappa shape index (κ2) is 11.9. The molecule has 2 aromatic carbocycles. The fraction of sp³-hybridized carbons (Fsp3) is 0.250. The van der Waals surface area contributed by atoms with Gasteiger partial charge in [-0.15, -0.1) is 0 Å². The number of nitrogens with one attached hydrogen (secondary N) is 1. The van der Waals surface area contributed by atoms with E-state index < -0.39 is 29.6 Å². The van der Waals surface area contributed by atoms with E-state index in [1.807, 2.05) is 0 Å². The molecule has 1 N–H and O–H groups in total. The van der Waals surface area contributed by atoms with Crippen LogP contribution in [0.4, 0.5) is 10.5 Å². The number of ether oxygens (including phenoxy) is 3. The molecule has 0 unspecified atom stereocenters. The topological polar surface area (TPSA) is 111 Å². The number of carbonyl (C=O) groups is 4. The number of amides is 3. The van der Waals surface area contributed by atoms with Crippen molar-refractivity contribution in [2.45, 2.75) is 20.0 Å². The molecule has 0 aliphatic carbocycles. The van der Waals surface area contributed by atoms with Crippen LogP contribution < -0.4 is 14.8 Å². The van der Waals surface area contributed by atoms with Gasteiger partial charge in [-0.05, 0) is 73.6 Å². The van der Waals surface area contributed by atoms with Gasteiger partial charge in [-0.25, -0.2) is 4.79 Å². The molecular formula is C24H23BrN2O7S. The van der Waals surface area contributed by atoms with Crippen LogP contribution in [0.5, 0.6) is 11.5 Å². The van der Waals surface area contributed by atoms with E-state index in [1.54, 1.807) is 56.3 Å². The van der Waals surface area contributed by atoms with Crippen LogP contribution >= 0.6 is 27.7 Å². The number of anilines is 1. The van der Waals surface area contributed by atoms with Crippen molar-refractivity contribution in [1.29, 1.82) is 0 Å². The number of halogens is 1. The van der Waals surface area contributed by atoms with E-state index in [1.165, 1.54) is 13.2 Å². The number of carbonyl (C=O) groups excluding carboxylic acids is 4. The average molecular weight is 563 g/mol. The van der Waals surface area contributed by atoms with Gasteiger partial charge < -0.3 is 19.5 Å². The zero-order valence-electron chi connectivity index (χ0n) is 19.2. The van der Waals surface area contributed by atoms with Crippen molar-refractivity contribution in [3.8, 4) is 11.5 Å². The van der Waals surface area contributed by atoms with Gasteiger partial charge in [0, 0.05) is 10.2 Å². The van der Waals surface area contributed by atoms with Crippen LogP contribution in [0.3, 0.4) is 0 Å². The van der Waals surface area contributed by atoms with Crippen molar-refractivity contribution >= 4 is 62.5 Å². The monoisotopic (exact) mass is 562 g/mol. The Kier molecular flexibility index (Phi) is 8.94. The number of methoxy groups -OCH3 is 1. The molecule has 0 spiro atoms. The Balaban J connectivity index is 1.66. The van der Waals surface area contributed by atoms with E-state index in [0.29, 0.717) is 22.7 Å². The highest BCUT2D eigenvalue weighted by Gasteiger charge is 2.36. The van der Waals surface area contributed by atoms with E-state index in [0.717, 1.165) is 21.1 Å². The third-order valence-corrected chi connectivity index (χ3v) is 5.94. The molecule has 1 fully saturated rings. The lowest BCUT2D eigenvalue weighted by Crippen LogP contribution is -2.36. The quantitative estimate of drug-likeness (QED) is 0.352. The number of imide groups is 1. The number of thioether (sulfide) groups is 1. The lowest BCUT2D eigenvalue weighted by atomic mass is 10.2. The smallest absolute Gasteiger partial charge is 0.344 e. The maximum absolute atomic E-state index is 12.8. The van der Waals surface area contributed by atoms with Crippen molar-refractivity contribution in [3.63, 3.8) is 0 Å². The van der Waals surface area contributed by atoms with Gasteiger partial charge in [-0.3, -0.25) is 19.3 Å². The molecular weight excluding hydrogens is 540 g/mol. The highest BCUT2D eigenvalue weighted by atomic mass is 79.9. The molecule has 1 heterocycles. The van der Waals surface area contributed by atoms with Crippen LogP contribution in [0.15, 0.2) is 51.8 Å². The number of hydrogen-bond acceptors (Lipinski definition) is 8. The summed E-state index contributed by atoms with van der Waals surface area (Å²) in [6, 6.07) is 11.8. The Morgan fingerprint density at radius 2 is 1.83 bits per heavy atom. The minimum Gasteiger partial charge on any atom is -0.493 e. The van der Waals surface area contributed by atoms with Crippen molar-refractivity contribution in [2.75, 3.05) is 25.6 Å². The first-order valence-electron chi connectivity index (χ1n) is 10.5. The van der Waals surface area contributed by atoms with Gasteiger partial charge in [0.15, 0.2) is 18.1 Å². The summed E-state index contributed by atoms with van der Waals surface area (Å²) < 4.78 is 16.7. The van der Waals surface area contributed by atoms with Crippen molar-refractivity contribution < 1.29 is 33.4 Å². The Labute approximate surface area is 214 Å². The van der Waals surface area contributed by atoms with E-state index in [2.05, 4.69) is 21.2 Å². The number of nitrogens with zero attached hydrogens (tertiary/aromatic N) is 1. The van der Waals surface area contributed by atoms with E-state index in [-0.39, 0.29) is 17.6 Å². The van der Waals surface area contributed by atoms with Gasteiger partial charge >= 0.3 is 5.97 Å². The lowest BCUT2D eigenvalue weighted by molar-refractivity contribution is -0.149. The minimum absolute atomic E-state index is 0.169. The minimum atomic E-state index is -0.568. The van der Waals surface area contributed by atoms with E-state index >= 15 is 0 Å². The van der Waals surface area contributed by atoms with Crippen LogP contribution in [0.1, 0.15) is 19.4 Å². The SMILES string of the molecule is COc1cc(/C=C2\SC(=O)N(CC(=O)Nc3ccc(Br)cc3)C2=O)ccc1OCC(=O)OC(C)C. The maximum atomic E-state index is 12.8. The van der Waals surface area contributed by atoms with Crippen LogP contribution in [-0.2, 0) is 19.1 Å². The molecule has 184 valence electrons. The van der Waals surface area contributed by atoms with Crippen molar-refractivity contribution in [3.05, 3.63) is 57.4 Å². The lowest BCUT2D eigenvalue weighted by Gasteiger charge is -2.13. The molecule has 0 saturated carbocycles. The Hall–Kier alpha value is -3.31. The van der Waals surface area contributed by atoms with Crippen LogP contribution in [0, 0.1) is 0 Å². The predicted molar refractivity (Wildman–Crippen MR) is 135 cm³/mol. The first kappa shape index (κ1) is 26.3. The molecule has 9 nitrogen and oxygen atoms in total. The number of esters is 1. The highest BCUT2D eigenvalue weighted by molar-refractivity contribution is 9.10. The molecule has 11 heteroatoms. The van der Waals surface area contributed by atoms with Gasteiger partial charge in [-0.1, -0.05) is 22.0 Å². The Morgan fingerprint density at radius 3 is 2.49 bits per heavy atom. The summed E-state index contributed by atoms with van der Waals surface area (Å²) in [7, 11) is 1.44. The standard InChI is InChI=1S/C24H23BrN2O7S/c1-14(2)34-22(29)13-33-18-9-4-15(10-19(18)32-3)11-20-23(30)27(24(31)35-20)12-21(28)26-17-7-5-16(25)6-8-17/h4-11,14H,12-13H2,1-3H3,(H,26,28)/b20-11-. The largest absolute Gasteiger partial charge is 0.493 e. The summed E-state index contributed by atoms with van der Waals surface area (Å²) in [5.41, 5.74) is 1.12. The maximum Gasteiger partial charge on any atom is 0.344 e. The second-order valence-corrected chi connectivity index (χ2v) is 9.47. The second-order valence-electron chi connectivity index (χ2n) is 7.56. The normalized spacial score (nSPS) is 14.4. The molecule has 1 aliphatic heterocycles. The average Bonchev–Trinajstić information content (AvgIpc) is 3.06. The number of benzene rings is 2. The molecule has 1 aliphatic rings. The molecule has 0 atom stereocenters. The fourth-order valence-corrected chi connectivity index (χ4v) is 4.09. The molecule has 2 aromatic rings. The van der Waals surface area contributed by atoms with Crippen molar-refractivity contribution in [1.82, 2.24) is 4.90 Å². The van der Waals surface area contributed by atoms with Gasteiger partial charge in [0.25, 0.3) is 11.1 Å². The number of rotatable bonds is 9. The summed E-state index contributed by atoms with van der Waals surface area (Å²) in [5.74, 6) is -0.909. The third-order valence-electron chi connectivity index (χ3n) is 4.50. The Morgan fingerprint density at radius 1 is 1.11 bits per heavy atom. The molecule has 3 rings (SSSR count). The molecule has 1 saturated heterocycles. The van der Waals surface area contributed by atoms with Gasteiger partial charge in [0.2, 0.25) is 5.91 Å². The molecule has 35 heavy (non-hydrogen) atoms. The third kappa shape index (κ3) is 7.33. The first-order valence-corrected chi connectivity index (χ1v) is 12.1. The fourth-order valence-electron chi connectivity index (χ4n) is 2.99. The summed E-state index contributed by atoms with van der Waals surface area (Å²) >= 11 is 4.06. The number of hydrogen-bond donors (Lipinski definition) is 1. The van der Waals surface area contributed by atoms with E-state index in [9.17, 15) is 19.2 Å². The molecule has 3 amide bonds. The highest BCUT2D eigenvalue weighted by Crippen LogP contribution is 2.34. The first-order chi connectivity index (χ1) is 16.7. The van der Waals surface area contributed by atoms with Gasteiger partial charge in [0.1, 0.15) is 6.54 Å². The zero-order valence-corrected chi connectivity index (χ0v) is 21.6. The predicted octanol–water partition coefficient (Wildman–Crippen LogP) is 4.46. The molecule has 0 radical (unpaired) electrons. The van der Waals surface area contributed by atoms with Crippen molar-refractivity contribution in [2.24, 2.45) is 0 Å². The van der Waals surface area contributed by atoms with Gasteiger partial charge in [0.05, 0.1) is 18.1 Å². The van der Waals surface area contributed by atoms with Crippen LogP contribution in [0.25, 0.3) is 6.08 Å². The van der Waals surface area contributed by atoms with Crippen LogP contribution in [0.2, 0.25) is 0 Å².